The van der Waals surface area contributed by atoms with Gasteiger partial charge in [-0.1, -0.05) is 0 Å². The van der Waals surface area contributed by atoms with Gasteiger partial charge in [-0.05, 0) is 30.7 Å². The summed E-state index contributed by atoms with van der Waals surface area (Å²) in [7, 11) is -4.16. The lowest BCUT2D eigenvalue weighted by Crippen LogP contribution is -2.19. The van der Waals surface area contributed by atoms with Crippen molar-refractivity contribution in [3.63, 3.8) is 0 Å². The summed E-state index contributed by atoms with van der Waals surface area (Å²) in [5.41, 5.74) is 4.14. The monoisotopic (exact) mass is 362 g/mol. The molecule has 1 aromatic carbocycles. The van der Waals surface area contributed by atoms with Crippen LogP contribution in [0.3, 0.4) is 0 Å². The van der Waals surface area contributed by atoms with E-state index in [1.165, 1.54) is 24.3 Å². The van der Waals surface area contributed by atoms with Crippen LogP contribution >= 0.6 is 0 Å². The summed E-state index contributed by atoms with van der Waals surface area (Å²) in [6.07, 6.45) is -4.29. The molecular weight excluding hydrogens is 349 g/mol. The van der Waals surface area contributed by atoms with E-state index in [0.717, 1.165) is 6.20 Å². The van der Waals surface area contributed by atoms with Gasteiger partial charge < -0.3 is 10.8 Å². The van der Waals surface area contributed by atoms with Gasteiger partial charge >= 0.3 is 6.18 Å². The maximum Gasteiger partial charge on any atom is 0.433 e. The van der Waals surface area contributed by atoms with Crippen molar-refractivity contribution in [3.8, 4) is 0 Å². The van der Waals surface area contributed by atoms with Crippen LogP contribution in [-0.4, -0.2) is 30.1 Å². The number of hydrogen-bond donors (Lipinski definition) is 3. The highest BCUT2D eigenvalue weighted by Gasteiger charge is 2.36. The Labute approximate surface area is 135 Å². The highest BCUT2D eigenvalue weighted by atomic mass is 32.2. The lowest BCUT2D eigenvalue weighted by Gasteiger charge is -2.13. The van der Waals surface area contributed by atoms with Gasteiger partial charge in [0.2, 0.25) is 5.95 Å². The average molecular weight is 362 g/mol. The first-order chi connectivity index (χ1) is 11.1. The number of aromatic nitrogens is 2. The SMILES string of the molecule is Nc1ccc(S(=O)(=O)Nc2ncc(CCO)c(C(F)(F)F)n2)cc1. The third-order valence-electron chi connectivity index (χ3n) is 2.93. The topological polar surface area (TPSA) is 118 Å². The molecule has 11 heteroatoms. The van der Waals surface area contributed by atoms with Gasteiger partial charge in [0.1, 0.15) is 0 Å². The molecule has 0 fully saturated rings. The number of nitrogens with one attached hydrogen (secondary N) is 1. The molecule has 1 heterocycles. The number of nitrogen functional groups attached to an aromatic ring is 1. The summed E-state index contributed by atoms with van der Waals surface area (Å²) < 4.78 is 65.1. The molecule has 1 aromatic heterocycles. The molecule has 0 saturated carbocycles. The van der Waals surface area contributed by atoms with Crippen LogP contribution in [0.15, 0.2) is 35.4 Å². The molecule has 7 nitrogen and oxygen atoms in total. The minimum atomic E-state index is -4.81. The van der Waals surface area contributed by atoms with Crippen molar-refractivity contribution in [3.05, 3.63) is 41.7 Å². The van der Waals surface area contributed by atoms with E-state index in [-0.39, 0.29) is 16.9 Å². The summed E-state index contributed by atoms with van der Waals surface area (Å²) >= 11 is 0. The number of nitrogens with two attached hydrogens (primary N) is 1. The molecule has 0 aliphatic carbocycles. The number of hydrogen-bond acceptors (Lipinski definition) is 6. The fraction of sp³-hybridized carbons (Fsp3) is 0.231. The molecule has 130 valence electrons. The summed E-state index contributed by atoms with van der Waals surface area (Å²) in [4.78, 5) is 6.59. The minimum absolute atomic E-state index is 0.201. The lowest BCUT2D eigenvalue weighted by atomic mass is 10.1. The Morgan fingerprint density at radius 2 is 1.83 bits per heavy atom. The molecule has 2 rings (SSSR count). The van der Waals surface area contributed by atoms with Gasteiger partial charge in [0.15, 0.2) is 5.69 Å². The van der Waals surface area contributed by atoms with E-state index in [9.17, 15) is 21.6 Å². The number of halogens is 3. The quantitative estimate of drug-likeness (QED) is 0.692. The number of nitrogens with zero attached hydrogens (tertiary/aromatic N) is 2. The van der Waals surface area contributed by atoms with E-state index in [4.69, 9.17) is 10.8 Å². The summed E-state index contributed by atoms with van der Waals surface area (Å²) in [5.74, 6) is -0.721. The first kappa shape index (κ1) is 17.9. The molecule has 0 amide bonds. The van der Waals surface area contributed by atoms with Gasteiger partial charge in [0.05, 0.1) is 4.90 Å². The van der Waals surface area contributed by atoms with Gasteiger partial charge in [-0.3, -0.25) is 0 Å². The number of aliphatic hydroxyl groups excluding tert-OH is 1. The number of alkyl halides is 3. The van der Waals surface area contributed by atoms with Crippen molar-refractivity contribution in [1.29, 1.82) is 0 Å². The molecular formula is C13H13F3N4O3S. The van der Waals surface area contributed by atoms with Crippen LogP contribution in [0.1, 0.15) is 11.3 Å². The van der Waals surface area contributed by atoms with Crippen LogP contribution in [0.2, 0.25) is 0 Å². The first-order valence-corrected chi connectivity index (χ1v) is 8.04. The summed E-state index contributed by atoms with van der Waals surface area (Å²) in [5, 5.41) is 8.79. The second kappa shape index (κ2) is 6.61. The van der Waals surface area contributed by atoms with E-state index < -0.39 is 34.4 Å². The zero-order chi connectivity index (χ0) is 18.0. The molecule has 0 spiro atoms. The number of aliphatic hydroxyl groups is 1. The fourth-order valence-electron chi connectivity index (χ4n) is 1.83. The van der Waals surface area contributed by atoms with Gasteiger partial charge in [0, 0.05) is 24.1 Å². The molecule has 24 heavy (non-hydrogen) atoms. The van der Waals surface area contributed by atoms with Crippen molar-refractivity contribution in [2.45, 2.75) is 17.5 Å². The molecule has 0 radical (unpaired) electrons. The molecule has 0 aliphatic rings. The molecule has 0 aliphatic heterocycles. The number of rotatable bonds is 5. The number of anilines is 2. The van der Waals surface area contributed by atoms with E-state index in [1.807, 2.05) is 4.72 Å². The molecule has 0 saturated heterocycles. The Morgan fingerprint density at radius 3 is 2.38 bits per heavy atom. The first-order valence-electron chi connectivity index (χ1n) is 6.56. The van der Waals surface area contributed by atoms with E-state index in [0.29, 0.717) is 5.69 Å². The Hall–Kier alpha value is -2.40. The fourth-order valence-corrected chi connectivity index (χ4v) is 2.78. The largest absolute Gasteiger partial charge is 0.433 e. The van der Waals surface area contributed by atoms with Crippen LogP contribution in [0, 0.1) is 0 Å². The van der Waals surface area contributed by atoms with Crippen molar-refractivity contribution in [2.24, 2.45) is 0 Å². The summed E-state index contributed by atoms with van der Waals surface area (Å²) in [6, 6.07) is 5.06. The van der Waals surface area contributed by atoms with E-state index in [2.05, 4.69) is 9.97 Å². The molecule has 0 unspecified atom stereocenters. The van der Waals surface area contributed by atoms with Crippen LogP contribution in [0.4, 0.5) is 24.8 Å². The Morgan fingerprint density at radius 1 is 1.21 bits per heavy atom. The molecule has 0 bridgehead atoms. The average Bonchev–Trinajstić information content (AvgIpc) is 2.48. The van der Waals surface area contributed by atoms with Gasteiger partial charge in [-0.15, -0.1) is 0 Å². The minimum Gasteiger partial charge on any atom is -0.399 e. The number of sulfonamides is 1. The molecule has 0 atom stereocenters. The highest BCUT2D eigenvalue weighted by molar-refractivity contribution is 7.92. The van der Waals surface area contributed by atoms with Gasteiger partial charge in [-0.25, -0.2) is 23.1 Å². The molecule has 4 N–H and O–H groups in total. The van der Waals surface area contributed by atoms with Crippen LogP contribution < -0.4 is 10.5 Å². The lowest BCUT2D eigenvalue weighted by molar-refractivity contribution is -0.141. The van der Waals surface area contributed by atoms with Crippen molar-refractivity contribution in [2.75, 3.05) is 17.1 Å². The van der Waals surface area contributed by atoms with E-state index >= 15 is 0 Å². The van der Waals surface area contributed by atoms with Crippen molar-refractivity contribution >= 4 is 21.7 Å². The van der Waals surface area contributed by atoms with Crippen molar-refractivity contribution < 1.29 is 26.7 Å². The predicted octanol–water partition coefficient (Wildman–Crippen LogP) is 1.41. The van der Waals surface area contributed by atoms with Gasteiger partial charge in [-0.2, -0.15) is 13.2 Å². The summed E-state index contributed by atoms with van der Waals surface area (Å²) in [6.45, 7) is -0.525. The third kappa shape index (κ3) is 4.11. The highest BCUT2D eigenvalue weighted by Crippen LogP contribution is 2.31. The molecule has 2 aromatic rings. The van der Waals surface area contributed by atoms with E-state index in [1.54, 1.807) is 0 Å². The smallest absolute Gasteiger partial charge is 0.399 e. The maximum atomic E-state index is 13.0. The Kier molecular flexibility index (Phi) is 4.94. The van der Waals surface area contributed by atoms with Crippen LogP contribution in [0.25, 0.3) is 0 Å². The number of benzene rings is 1. The normalized spacial score (nSPS) is 12.2. The van der Waals surface area contributed by atoms with Gasteiger partial charge in [0.25, 0.3) is 10.0 Å². The second-order valence-corrected chi connectivity index (χ2v) is 6.40. The predicted molar refractivity (Wildman–Crippen MR) is 79.5 cm³/mol. The maximum absolute atomic E-state index is 13.0. The standard InChI is InChI=1S/C13H13F3N4O3S/c14-13(15,16)11-8(5-6-21)7-18-12(19-11)20-24(22,23)10-3-1-9(17)2-4-10/h1-4,7,21H,5-6,17H2,(H,18,19,20). The van der Waals surface area contributed by atoms with Crippen molar-refractivity contribution in [1.82, 2.24) is 9.97 Å². The zero-order valence-electron chi connectivity index (χ0n) is 12.1. The Balaban J connectivity index is 2.37. The van der Waals surface area contributed by atoms with Crippen LogP contribution in [-0.2, 0) is 22.6 Å². The Bertz CT molecular complexity index is 823. The third-order valence-corrected chi connectivity index (χ3v) is 4.27. The zero-order valence-corrected chi connectivity index (χ0v) is 12.9. The van der Waals surface area contributed by atoms with Crippen LogP contribution in [0.5, 0.6) is 0 Å². The second-order valence-electron chi connectivity index (χ2n) is 4.71.